The quantitative estimate of drug-likeness (QED) is 0.613. The van der Waals surface area contributed by atoms with Gasteiger partial charge in [0.2, 0.25) is 6.71 Å². The molecule has 0 spiro atoms. The number of benzene rings is 1. The fourth-order valence-corrected chi connectivity index (χ4v) is 4.37. The molecule has 2 heterocycles. The Hall–Kier alpha value is -1.76. The Labute approximate surface area is 114 Å². The third-order valence-electron chi connectivity index (χ3n) is 5.14. The lowest BCUT2D eigenvalue weighted by Gasteiger charge is -2.34. The van der Waals surface area contributed by atoms with E-state index >= 15 is 0 Å². The number of fused-ring (bicyclic) bond motifs is 3. The second-order valence-corrected chi connectivity index (χ2v) is 6.06. The van der Waals surface area contributed by atoms with Crippen LogP contribution in [0.15, 0.2) is 64.6 Å². The standard InChI is InChI=1S/C18H15B/c1-6-14-10-12-4-2-8-16(12)19-17-9-3-5-13(17)11-15(7-1)18(14)19/h1-2,4-7,9H,3,8,10-11H2. The molecule has 0 unspecified atom stereocenters. The highest BCUT2D eigenvalue weighted by Gasteiger charge is 2.40. The number of rotatable bonds is 0. The average Bonchev–Trinajstić information content (AvgIpc) is 3.05. The van der Waals surface area contributed by atoms with Crippen LogP contribution in [-0.4, -0.2) is 6.71 Å². The van der Waals surface area contributed by atoms with Crippen molar-refractivity contribution >= 4 is 12.2 Å². The van der Waals surface area contributed by atoms with Crippen LogP contribution in [0.2, 0.25) is 0 Å². The zero-order valence-electron chi connectivity index (χ0n) is 10.9. The Balaban J connectivity index is 1.83. The predicted octanol–water partition coefficient (Wildman–Crippen LogP) is 3.09. The monoisotopic (exact) mass is 242 g/mol. The summed E-state index contributed by atoms with van der Waals surface area (Å²) >= 11 is 0. The average molecular weight is 242 g/mol. The SMILES string of the molecule is C1=CC2=C(C1)B1C3=CCC=C3Cc3cccc(c31)C2. The normalized spacial score (nSPS) is 22.0. The molecule has 0 fully saturated rings. The molecular formula is C18H15B. The van der Waals surface area contributed by atoms with Crippen molar-refractivity contribution in [1.29, 1.82) is 0 Å². The number of hydrogen-bond donors (Lipinski definition) is 0. The van der Waals surface area contributed by atoms with E-state index in [0.717, 1.165) is 19.3 Å². The van der Waals surface area contributed by atoms with E-state index in [1.54, 1.807) is 38.7 Å². The minimum absolute atomic E-state index is 0.576. The van der Waals surface area contributed by atoms with E-state index in [1.165, 1.54) is 6.42 Å². The van der Waals surface area contributed by atoms with Crippen LogP contribution >= 0.6 is 0 Å². The molecule has 1 aromatic carbocycles. The summed E-state index contributed by atoms with van der Waals surface area (Å²) in [4.78, 5) is 0. The first-order chi connectivity index (χ1) is 9.42. The van der Waals surface area contributed by atoms with Gasteiger partial charge in [0.1, 0.15) is 0 Å². The molecule has 4 aliphatic rings. The number of hydrogen-bond acceptors (Lipinski definition) is 0. The van der Waals surface area contributed by atoms with Gasteiger partial charge in [-0.1, -0.05) is 70.1 Å². The molecule has 0 nitrogen and oxygen atoms in total. The maximum absolute atomic E-state index is 2.47. The first kappa shape index (κ1) is 10.1. The van der Waals surface area contributed by atoms with Crippen LogP contribution in [0.4, 0.5) is 0 Å². The zero-order valence-corrected chi connectivity index (χ0v) is 10.9. The van der Waals surface area contributed by atoms with Crippen LogP contribution in [0.1, 0.15) is 24.0 Å². The molecule has 2 aliphatic heterocycles. The molecule has 1 heteroatoms. The van der Waals surface area contributed by atoms with Crippen LogP contribution in [0.3, 0.4) is 0 Å². The summed E-state index contributed by atoms with van der Waals surface area (Å²) in [6, 6.07) is 6.93. The third kappa shape index (κ3) is 1.21. The minimum atomic E-state index is 0.576. The Bertz CT molecular complexity index is 728. The van der Waals surface area contributed by atoms with Crippen molar-refractivity contribution in [2.24, 2.45) is 0 Å². The summed E-state index contributed by atoms with van der Waals surface area (Å²) in [6.07, 6.45) is 14.2. The van der Waals surface area contributed by atoms with Gasteiger partial charge in [-0.25, -0.2) is 0 Å². The van der Waals surface area contributed by atoms with Crippen LogP contribution < -0.4 is 5.46 Å². The van der Waals surface area contributed by atoms with Crippen LogP contribution in [0.25, 0.3) is 0 Å². The topological polar surface area (TPSA) is 0 Å². The van der Waals surface area contributed by atoms with Crippen LogP contribution in [0, 0.1) is 0 Å². The highest BCUT2D eigenvalue weighted by atomic mass is 14.3. The van der Waals surface area contributed by atoms with Gasteiger partial charge in [0.25, 0.3) is 0 Å². The summed E-state index contributed by atoms with van der Waals surface area (Å²) in [5, 5.41) is 0. The first-order valence-corrected chi connectivity index (χ1v) is 7.30. The summed E-state index contributed by atoms with van der Waals surface area (Å²) in [7, 11) is 0. The molecule has 0 atom stereocenters. The Morgan fingerprint density at radius 1 is 1.00 bits per heavy atom. The van der Waals surface area contributed by atoms with Crippen molar-refractivity contribution in [2.45, 2.75) is 25.7 Å². The lowest BCUT2D eigenvalue weighted by atomic mass is 9.29. The lowest BCUT2D eigenvalue weighted by Crippen LogP contribution is -2.46. The van der Waals surface area contributed by atoms with E-state index in [4.69, 9.17) is 0 Å². The predicted molar refractivity (Wildman–Crippen MR) is 80.8 cm³/mol. The molecule has 19 heavy (non-hydrogen) atoms. The second-order valence-electron chi connectivity index (χ2n) is 6.06. The van der Waals surface area contributed by atoms with Crippen molar-refractivity contribution in [2.75, 3.05) is 0 Å². The van der Waals surface area contributed by atoms with E-state index in [-0.39, 0.29) is 0 Å². The maximum Gasteiger partial charge on any atom is 0.238 e. The molecule has 1 aromatic rings. The molecule has 0 N–H and O–H groups in total. The Morgan fingerprint density at radius 2 is 1.89 bits per heavy atom. The van der Waals surface area contributed by atoms with E-state index in [2.05, 4.69) is 42.5 Å². The van der Waals surface area contributed by atoms with Gasteiger partial charge in [0.05, 0.1) is 0 Å². The largest absolute Gasteiger partial charge is 0.238 e. The van der Waals surface area contributed by atoms with Crippen LogP contribution in [0.5, 0.6) is 0 Å². The highest BCUT2D eigenvalue weighted by molar-refractivity contribution is 6.88. The zero-order chi connectivity index (χ0) is 12.4. The fraction of sp³-hybridized carbons (Fsp3) is 0.222. The third-order valence-corrected chi connectivity index (χ3v) is 5.14. The molecule has 0 bridgehead atoms. The van der Waals surface area contributed by atoms with E-state index in [0.29, 0.717) is 6.71 Å². The molecule has 0 aromatic heterocycles. The van der Waals surface area contributed by atoms with Crippen molar-refractivity contribution in [3.05, 3.63) is 75.7 Å². The molecule has 2 aliphatic carbocycles. The van der Waals surface area contributed by atoms with Gasteiger partial charge >= 0.3 is 0 Å². The first-order valence-electron chi connectivity index (χ1n) is 7.30. The van der Waals surface area contributed by atoms with Gasteiger partial charge in [0.15, 0.2) is 0 Å². The summed E-state index contributed by atoms with van der Waals surface area (Å²) < 4.78 is 0. The van der Waals surface area contributed by atoms with Gasteiger partial charge in [-0.3, -0.25) is 0 Å². The van der Waals surface area contributed by atoms with E-state index in [1.807, 2.05) is 0 Å². The van der Waals surface area contributed by atoms with Crippen molar-refractivity contribution in [1.82, 2.24) is 0 Å². The fourth-order valence-electron chi connectivity index (χ4n) is 4.37. The minimum Gasteiger partial charge on any atom is -0.0852 e. The van der Waals surface area contributed by atoms with Gasteiger partial charge in [-0.05, 0) is 36.8 Å². The summed E-state index contributed by atoms with van der Waals surface area (Å²) in [6.45, 7) is 0.576. The molecule has 0 amide bonds. The molecule has 0 saturated carbocycles. The molecule has 0 saturated heterocycles. The van der Waals surface area contributed by atoms with E-state index in [9.17, 15) is 0 Å². The highest BCUT2D eigenvalue weighted by Crippen LogP contribution is 2.39. The second kappa shape index (κ2) is 3.42. The molecule has 0 radical (unpaired) electrons. The Morgan fingerprint density at radius 3 is 2.84 bits per heavy atom. The smallest absolute Gasteiger partial charge is 0.0852 e. The maximum atomic E-state index is 2.47. The van der Waals surface area contributed by atoms with Gasteiger partial charge < -0.3 is 0 Å². The molecule has 5 rings (SSSR count). The summed E-state index contributed by atoms with van der Waals surface area (Å²) in [5.74, 6) is 0. The van der Waals surface area contributed by atoms with Crippen molar-refractivity contribution in [3.63, 3.8) is 0 Å². The lowest BCUT2D eigenvalue weighted by molar-refractivity contribution is 1.11. The molecule has 90 valence electrons. The van der Waals surface area contributed by atoms with Gasteiger partial charge in [0, 0.05) is 0 Å². The van der Waals surface area contributed by atoms with Gasteiger partial charge in [-0.2, -0.15) is 0 Å². The molecular weight excluding hydrogens is 227 g/mol. The van der Waals surface area contributed by atoms with Gasteiger partial charge in [-0.15, -0.1) is 0 Å². The van der Waals surface area contributed by atoms with Crippen molar-refractivity contribution in [3.8, 4) is 0 Å². The Kier molecular flexibility index (Phi) is 1.81. The number of allylic oxidation sites excluding steroid dienone is 8. The summed E-state index contributed by atoms with van der Waals surface area (Å²) in [5.41, 5.74) is 11.3. The van der Waals surface area contributed by atoms with Crippen LogP contribution in [-0.2, 0) is 12.8 Å². The van der Waals surface area contributed by atoms with E-state index < -0.39 is 0 Å². The van der Waals surface area contributed by atoms with Crippen molar-refractivity contribution < 1.29 is 0 Å².